The van der Waals surface area contributed by atoms with Crippen molar-refractivity contribution in [3.8, 4) is 0 Å². The first-order chi connectivity index (χ1) is 17.8. The number of likely N-dealkylation sites (tertiary alicyclic amines) is 1. The fourth-order valence-corrected chi connectivity index (χ4v) is 3.93. The van der Waals surface area contributed by atoms with E-state index in [-0.39, 0.29) is 44.7 Å². The van der Waals surface area contributed by atoms with E-state index in [1.807, 2.05) is 13.8 Å². The Morgan fingerprint density at radius 3 is 2.16 bits per heavy atom. The lowest BCUT2D eigenvalue weighted by molar-refractivity contribution is -0.149. The van der Waals surface area contributed by atoms with Crippen LogP contribution in [0.1, 0.15) is 52.9 Å². The molecule has 214 valence electrons. The Morgan fingerprint density at radius 1 is 0.947 bits per heavy atom. The molecule has 0 aromatic heterocycles. The molecule has 38 heavy (non-hydrogen) atoms. The van der Waals surface area contributed by atoms with Crippen molar-refractivity contribution < 1.29 is 38.7 Å². The van der Waals surface area contributed by atoms with Gasteiger partial charge in [-0.1, -0.05) is 13.8 Å². The summed E-state index contributed by atoms with van der Waals surface area (Å²) in [6, 6.07) is -4.22. The highest BCUT2D eigenvalue weighted by Crippen LogP contribution is 2.19. The smallest absolute Gasteiger partial charge is 0.326 e. The molecular weight excluding hydrogens is 502 g/mol. The van der Waals surface area contributed by atoms with Crippen molar-refractivity contribution in [1.82, 2.24) is 26.2 Å². The number of aliphatic carboxylic acids is 1. The maximum atomic E-state index is 13.0. The van der Waals surface area contributed by atoms with E-state index in [2.05, 4.69) is 21.3 Å². The van der Waals surface area contributed by atoms with E-state index in [4.69, 9.17) is 11.5 Å². The van der Waals surface area contributed by atoms with E-state index < -0.39 is 72.1 Å². The lowest BCUT2D eigenvalue weighted by Crippen LogP contribution is -2.56. The summed E-state index contributed by atoms with van der Waals surface area (Å²) in [6.07, 6.45) is 0.616. The quantitative estimate of drug-likeness (QED) is 0.111. The summed E-state index contributed by atoms with van der Waals surface area (Å²) < 4.78 is 0. The van der Waals surface area contributed by atoms with Crippen LogP contribution in [0, 0.1) is 5.92 Å². The SMILES string of the molecule is CC(C)C[C@H](NC(=O)[C@H](C)NC(=O)CN)C(=O)NCC(=O)N[C@@H](CCC(N)=O)C(=O)N1CCC[C@H]1C(=O)O. The topological polar surface area (TPSA) is 243 Å². The number of hydrogen-bond acceptors (Lipinski definition) is 8. The van der Waals surface area contributed by atoms with Crippen LogP contribution in [-0.4, -0.2) is 95.2 Å². The van der Waals surface area contributed by atoms with E-state index >= 15 is 0 Å². The molecule has 4 atom stereocenters. The normalized spacial score (nSPS) is 17.2. The van der Waals surface area contributed by atoms with Crippen molar-refractivity contribution in [2.75, 3.05) is 19.6 Å². The van der Waals surface area contributed by atoms with Crippen molar-refractivity contribution in [3.63, 3.8) is 0 Å². The highest BCUT2D eigenvalue weighted by molar-refractivity contribution is 5.95. The molecule has 1 aliphatic rings. The molecule has 1 fully saturated rings. The van der Waals surface area contributed by atoms with Gasteiger partial charge in [-0.15, -0.1) is 0 Å². The third-order valence-corrected chi connectivity index (χ3v) is 5.85. The van der Waals surface area contributed by atoms with E-state index in [0.29, 0.717) is 6.42 Å². The highest BCUT2D eigenvalue weighted by atomic mass is 16.4. The minimum Gasteiger partial charge on any atom is -0.480 e. The first kappa shape index (κ1) is 32.3. The Balaban J connectivity index is 2.82. The van der Waals surface area contributed by atoms with Crippen LogP contribution in [0.3, 0.4) is 0 Å². The summed E-state index contributed by atoms with van der Waals surface area (Å²) in [5.41, 5.74) is 10.4. The molecule has 9 N–H and O–H groups in total. The zero-order valence-corrected chi connectivity index (χ0v) is 22.0. The molecule has 6 amide bonds. The van der Waals surface area contributed by atoms with E-state index in [1.165, 1.54) is 6.92 Å². The maximum absolute atomic E-state index is 13.0. The van der Waals surface area contributed by atoms with Crippen LogP contribution >= 0.6 is 0 Å². The lowest BCUT2D eigenvalue weighted by Gasteiger charge is -2.27. The second-order valence-electron chi connectivity index (χ2n) is 9.55. The minimum atomic E-state index is -1.22. The van der Waals surface area contributed by atoms with Gasteiger partial charge in [0.1, 0.15) is 24.2 Å². The number of primary amides is 1. The molecule has 1 heterocycles. The summed E-state index contributed by atoms with van der Waals surface area (Å²) in [7, 11) is 0. The summed E-state index contributed by atoms with van der Waals surface area (Å²) in [5.74, 6) is -5.12. The summed E-state index contributed by atoms with van der Waals surface area (Å²) >= 11 is 0. The van der Waals surface area contributed by atoms with Crippen molar-refractivity contribution >= 4 is 41.4 Å². The molecule has 0 radical (unpaired) electrons. The molecule has 1 saturated heterocycles. The second-order valence-corrected chi connectivity index (χ2v) is 9.55. The van der Waals surface area contributed by atoms with Crippen LogP contribution in [0.4, 0.5) is 0 Å². The standard InChI is InChI=1S/C23H39N7O8/c1-12(2)9-15(29-20(34)13(3)27-18(32)10-24)21(35)26-11-19(33)28-14(6-7-17(25)31)22(36)30-8-4-5-16(30)23(37)38/h12-16H,4-11,24H2,1-3H3,(H2,25,31)(H,26,35)(H,27,32)(H,28,33)(H,29,34)(H,37,38)/t13-,14-,15-,16-/m0/s1. The Hall–Kier alpha value is -3.75. The number of carboxylic acid groups (broad SMARTS) is 1. The van der Waals surface area contributed by atoms with Gasteiger partial charge in [-0.05, 0) is 38.5 Å². The molecule has 1 rings (SSSR count). The van der Waals surface area contributed by atoms with Gasteiger partial charge in [0.25, 0.3) is 0 Å². The number of nitrogens with one attached hydrogen (secondary N) is 4. The monoisotopic (exact) mass is 541 g/mol. The number of carbonyl (C=O) groups excluding carboxylic acids is 6. The lowest BCUT2D eigenvalue weighted by atomic mass is 10.0. The highest BCUT2D eigenvalue weighted by Gasteiger charge is 2.37. The minimum absolute atomic E-state index is 0.00717. The van der Waals surface area contributed by atoms with Crippen molar-refractivity contribution in [1.29, 1.82) is 0 Å². The zero-order chi connectivity index (χ0) is 29.0. The van der Waals surface area contributed by atoms with Gasteiger partial charge < -0.3 is 42.7 Å². The summed E-state index contributed by atoms with van der Waals surface area (Å²) in [5, 5.41) is 19.1. The Bertz CT molecular complexity index is 910. The number of carbonyl (C=O) groups is 7. The van der Waals surface area contributed by atoms with Gasteiger partial charge in [-0.25, -0.2) is 4.79 Å². The number of hydrogen-bond donors (Lipinski definition) is 7. The van der Waals surface area contributed by atoms with Gasteiger partial charge in [0.2, 0.25) is 35.4 Å². The predicted octanol–water partition coefficient (Wildman–Crippen LogP) is -3.08. The van der Waals surface area contributed by atoms with Gasteiger partial charge >= 0.3 is 5.97 Å². The predicted molar refractivity (Wildman–Crippen MR) is 134 cm³/mol. The molecule has 0 spiro atoms. The third kappa shape index (κ3) is 10.7. The molecule has 0 saturated carbocycles. The number of nitrogens with two attached hydrogens (primary N) is 2. The van der Waals surface area contributed by atoms with Gasteiger partial charge in [0.05, 0.1) is 13.1 Å². The van der Waals surface area contributed by atoms with Gasteiger partial charge in [-0.2, -0.15) is 0 Å². The zero-order valence-electron chi connectivity index (χ0n) is 22.0. The molecule has 0 aliphatic carbocycles. The maximum Gasteiger partial charge on any atom is 0.326 e. The van der Waals surface area contributed by atoms with E-state index in [1.54, 1.807) is 0 Å². The number of nitrogens with zero attached hydrogens (tertiary/aromatic N) is 1. The van der Waals surface area contributed by atoms with Gasteiger partial charge in [0.15, 0.2) is 0 Å². The van der Waals surface area contributed by atoms with Crippen molar-refractivity contribution in [2.24, 2.45) is 17.4 Å². The Labute approximate surface area is 220 Å². The molecule has 0 aromatic carbocycles. The van der Waals surface area contributed by atoms with Crippen LogP contribution in [0.15, 0.2) is 0 Å². The number of amides is 6. The Morgan fingerprint density at radius 2 is 1.61 bits per heavy atom. The van der Waals surface area contributed by atoms with Crippen LogP contribution in [0.5, 0.6) is 0 Å². The van der Waals surface area contributed by atoms with Crippen molar-refractivity contribution in [2.45, 2.75) is 77.0 Å². The van der Waals surface area contributed by atoms with Crippen LogP contribution in [0.25, 0.3) is 0 Å². The molecule has 0 unspecified atom stereocenters. The van der Waals surface area contributed by atoms with Crippen LogP contribution < -0.4 is 32.7 Å². The molecule has 0 aromatic rings. The van der Waals surface area contributed by atoms with Crippen molar-refractivity contribution in [3.05, 3.63) is 0 Å². The third-order valence-electron chi connectivity index (χ3n) is 5.85. The first-order valence-electron chi connectivity index (χ1n) is 12.4. The summed E-state index contributed by atoms with van der Waals surface area (Å²) in [6.45, 7) is 4.42. The molecule has 15 heteroatoms. The average molecular weight is 542 g/mol. The molecule has 1 aliphatic heterocycles. The fourth-order valence-electron chi connectivity index (χ4n) is 3.93. The number of carboxylic acids is 1. The van der Waals surface area contributed by atoms with E-state index in [0.717, 1.165) is 4.90 Å². The van der Waals surface area contributed by atoms with Gasteiger partial charge in [0, 0.05) is 13.0 Å². The fraction of sp³-hybridized carbons (Fsp3) is 0.696. The van der Waals surface area contributed by atoms with Crippen LogP contribution in [-0.2, 0) is 33.6 Å². The largest absolute Gasteiger partial charge is 0.480 e. The average Bonchev–Trinajstić information content (AvgIpc) is 3.34. The molecule has 0 bridgehead atoms. The Kier molecular flexibility index (Phi) is 13.2. The van der Waals surface area contributed by atoms with Crippen LogP contribution in [0.2, 0.25) is 0 Å². The first-order valence-corrected chi connectivity index (χ1v) is 12.4. The second kappa shape index (κ2) is 15.5. The van der Waals surface area contributed by atoms with E-state index in [9.17, 15) is 38.7 Å². The summed E-state index contributed by atoms with van der Waals surface area (Å²) in [4.78, 5) is 86.1. The molecular formula is C23H39N7O8. The van der Waals surface area contributed by atoms with Gasteiger partial charge in [-0.3, -0.25) is 28.8 Å². The molecule has 15 nitrogen and oxygen atoms in total. The number of rotatable bonds is 15.